The fraction of sp³-hybridized carbons (Fsp3) is 0.385. The molecule has 1 aromatic heterocycles. The van der Waals surface area contributed by atoms with Crippen molar-refractivity contribution in [2.24, 2.45) is 5.92 Å². The van der Waals surface area contributed by atoms with Gasteiger partial charge in [0.1, 0.15) is 7.85 Å². The third kappa shape index (κ3) is 4.80. The van der Waals surface area contributed by atoms with E-state index in [0.29, 0.717) is 25.1 Å². The molecule has 2 aliphatic rings. The SMILES string of the molecule is [B]c1ccc([S+]([O-])N2CCCC(C(=O)N3CCN(c4cc(C)nc5ccccc45)CC3)C2)cc1. The Bertz CT molecular complexity index is 1170. The lowest BCUT2D eigenvalue weighted by Crippen LogP contribution is -2.53. The number of pyridine rings is 1. The molecule has 2 atom stereocenters. The quantitative estimate of drug-likeness (QED) is 0.431. The van der Waals surface area contributed by atoms with E-state index in [1.807, 2.05) is 28.3 Å². The zero-order chi connectivity index (χ0) is 23.7. The van der Waals surface area contributed by atoms with Gasteiger partial charge in [-0.3, -0.25) is 9.78 Å². The maximum absolute atomic E-state index is 13.4. The molecule has 2 fully saturated rings. The Morgan fingerprint density at radius 1 is 1.06 bits per heavy atom. The van der Waals surface area contributed by atoms with Crippen LogP contribution in [-0.4, -0.2) is 71.8 Å². The van der Waals surface area contributed by atoms with Crippen LogP contribution in [0.2, 0.25) is 0 Å². The van der Waals surface area contributed by atoms with E-state index in [9.17, 15) is 9.35 Å². The summed E-state index contributed by atoms with van der Waals surface area (Å²) < 4.78 is 15.0. The Hall–Kier alpha value is -2.55. The summed E-state index contributed by atoms with van der Waals surface area (Å²) in [5.41, 5.74) is 3.86. The van der Waals surface area contributed by atoms with E-state index < -0.39 is 11.4 Å². The highest BCUT2D eigenvalue weighted by Gasteiger charge is 2.35. The molecule has 2 unspecified atom stereocenters. The molecule has 5 rings (SSSR count). The number of aromatic nitrogens is 1. The predicted octanol–water partition coefficient (Wildman–Crippen LogP) is 2.42. The maximum Gasteiger partial charge on any atom is 0.227 e. The molecule has 0 aliphatic carbocycles. The molecule has 2 aliphatic heterocycles. The van der Waals surface area contributed by atoms with E-state index in [0.717, 1.165) is 54.0 Å². The average molecular weight is 472 g/mol. The number of amides is 1. The molecule has 174 valence electrons. The minimum Gasteiger partial charge on any atom is -0.593 e. The molecule has 3 heterocycles. The number of hydrogen-bond donors (Lipinski definition) is 0. The lowest BCUT2D eigenvalue weighted by atomic mass is 9.97. The minimum absolute atomic E-state index is 0.109. The average Bonchev–Trinajstić information content (AvgIpc) is 2.88. The van der Waals surface area contributed by atoms with Crippen molar-refractivity contribution < 1.29 is 9.35 Å². The van der Waals surface area contributed by atoms with Crippen molar-refractivity contribution in [3.05, 3.63) is 60.3 Å². The number of rotatable bonds is 4. The first kappa shape index (κ1) is 23.2. The van der Waals surface area contributed by atoms with Crippen LogP contribution in [0, 0.1) is 12.8 Å². The first-order valence-electron chi connectivity index (χ1n) is 11.9. The summed E-state index contributed by atoms with van der Waals surface area (Å²) in [6.07, 6.45) is 1.72. The second-order valence-corrected chi connectivity index (χ2v) is 10.6. The number of anilines is 1. The Balaban J connectivity index is 1.22. The van der Waals surface area contributed by atoms with Crippen LogP contribution in [0.1, 0.15) is 18.5 Å². The second-order valence-electron chi connectivity index (χ2n) is 9.16. The molecule has 0 N–H and O–H groups in total. The Morgan fingerprint density at radius 2 is 1.79 bits per heavy atom. The summed E-state index contributed by atoms with van der Waals surface area (Å²) in [7, 11) is 5.76. The maximum atomic E-state index is 13.4. The van der Waals surface area contributed by atoms with Crippen molar-refractivity contribution in [3.8, 4) is 0 Å². The highest BCUT2D eigenvalue weighted by molar-refractivity contribution is 7.89. The van der Waals surface area contributed by atoms with E-state index in [-0.39, 0.29) is 11.8 Å². The third-order valence-corrected chi connectivity index (χ3v) is 8.28. The highest BCUT2D eigenvalue weighted by Crippen LogP contribution is 2.29. The van der Waals surface area contributed by atoms with Gasteiger partial charge in [0.2, 0.25) is 5.91 Å². The van der Waals surface area contributed by atoms with E-state index >= 15 is 0 Å². The summed E-state index contributed by atoms with van der Waals surface area (Å²) in [6.45, 7) is 6.30. The third-order valence-electron chi connectivity index (χ3n) is 6.80. The van der Waals surface area contributed by atoms with Gasteiger partial charge in [-0.25, -0.2) is 0 Å². The van der Waals surface area contributed by atoms with Gasteiger partial charge in [-0.15, -0.1) is 4.31 Å². The number of fused-ring (bicyclic) bond motifs is 1. The summed E-state index contributed by atoms with van der Waals surface area (Å²) in [5, 5.41) is 1.15. The van der Waals surface area contributed by atoms with Crippen LogP contribution >= 0.6 is 0 Å². The minimum atomic E-state index is -1.27. The zero-order valence-corrected chi connectivity index (χ0v) is 20.3. The first-order valence-corrected chi connectivity index (χ1v) is 13.0. The van der Waals surface area contributed by atoms with Crippen molar-refractivity contribution in [1.82, 2.24) is 14.2 Å². The molecule has 0 spiro atoms. The van der Waals surface area contributed by atoms with Crippen molar-refractivity contribution in [1.29, 1.82) is 0 Å². The van der Waals surface area contributed by atoms with Crippen LogP contribution < -0.4 is 10.4 Å². The van der Waals surface area contributed by atoms with Crippen LogP contribution in [0.25, 0.3) is 10.9 Å². The lowest BCUT2D eigenvalue weighted by molar-refractivity contribution is -0.137. The number of carbonyl (C=O) groups is 1. The molecule has 2 saturated heterocycles. The fourth-order valence-electron chi connectivity index (χ4n) is 5.00. The van der Waals surface area contributed by atoms with Gasteiger partial charge in [0.25, 0.3) is 0 Å². The van der Waals surface area contributed by atoms with Crippen LogP contribution in [0.4, 0.5) is 5.69 Å². The molecule has 2 aromatic carbocycles. The van der Waals surface area contributed by atoms with E-state index in [2.05, 4.69) is 28.1 Å². The summed E-state index contributed by atoms with van der Waals surface area (Å²) in [5.74, 6) is 0.0801. The number of carbonyl (C=O) groups excluding carboxylic acids is 1. The summed E-state index contributed by atoms with van der Waals surface area (Å²) in [4.78, 5) is 23.1. The Kier molecular flexibility index (Phi) is 6.81. The molecule has 34 heavy (non-hydrogen) atoms. The summed E-state index contributed by atoms with van der Waals surface area (Å²) in [6, 6.07) is 17.5. The van der Waals surface area contributed by atoms with Crippen LogP contribution in [0.5, 0.6) is 0 Å². The van der Waals surface area contributed by atoms with E-state index in [1.54, 1.807) is 24.3 Å². The summed E-state index contributed by atoms with van der Waals surface area (Å²) >= 11 is -1.27. The van der Waals surface area contributed by atoms with Crippen molar-refractivity contribution in [3.63, 3.8) is 0 Å². The van der Waals surface area contributed by atoms with Crippen molar-refractivity contribution >= 4 is 47.2 Å². The van der Waals surface area contributed by atoms with E-state index in [4.69, 9.17) is 7.85 Å². The molecule has 0 bridgehead atoms. The predicted molar refractivity (Wildman–Crippen MR) is 138 cm³/mol. The van der Waals surface area contributed by atoms with Gasteiger partial charge in [0, 0.05) is 49.5 Å². The molecule has 0 saturated carbocycles. The topological polar surface area (TPSA) is 62.7 Å². The molecular weight excluding hydrogens is 443 g/mol. The van der Waals surface area contributed by atoms with Crippen molar-refractivity contribution in [2.75, 3.05) is 44.2 Å². The highest BCUT2D eigenvalue weighted by atomic mass is 32.2. The molecule has 8 heteroatoms. The number of piperidine rings is 1. The largest absolute Gasteiger partial charge is 0.593 e. The number of nitrogens with zero attached hydrogens (tertiary/aromatic N) is 4. The standard InChI is InChI=1S/C26H29BN4O2S/c1-19-17-25(23-6-2-3-7-24(23)28-19)29-13-15-30(16-14-29)26(32)20-5-4-12-31(18-20)34(33)22-10-8-21(27)9-11-22/h2-3,6-11,17,20H,4-5,12-16,18H2,1H3. The second kappa shape index (κ2) is 9.98. The lowest BCUT2D eigenvalue weighted by Gasteiger charge is -2.39. The molecule has 1 amide bonds. The van der Waals surface area contributed by atoms with Gasteiger partial charge in [0.15, 0.2) is 4.90 Å². The number of benzene rings is 2. The number of para-hydroxylation sites is 1. The van der Waals surface area contributed by atoms with Crippen LogP contribution in [-0.2, 0) is 16.2 Å². The van der Waals surface area contributed by atoms with Crippen LogP contribution in [0.15, 0.2) is 59.5 Å². The van der Waals surface area contributed by atoms with Gasteiger partial charge in [-0.05, 0) is 44.0 Å². The van der Waals surface area contributed by atoms with Gasteiger partial charge in [0.05, 0.1) is 29.3 Å². The van der Waals surface area contributed by atoms with Gasteiger partial charge < -0.3 is 14.4 Å². The molecule has 2 radical (unpaired) electrons. The van der Waals surface area contributed by atoms with Crippen molar-refractivity contribution in [2.45, 2.75) is 24.7 Å². The molecule has 3 aromatic rings. The fourth-order valence-corrected chi connectivity index (χ4v) is 6.28. The van der Waals surface area contributed by atoms with E-state index in [1.165, 1.54) is 5.69 Å². The smallest absolute Gasteiger partial charge is 0.227 e. The molecule has 6 nitrogen and oxygen atoms in total. The van der Waals surface area contributed by atoms with Crippen LogP contribution in [0.3, 0.4) is 0 Å². The monoisotopic (exact) mass is 472 g/mol. The zero-order valence-electron chi connectivity index (χ0n) is 19.5. The molecular formula is C26H29BN4O2S. The van der Waals surface area contributed by atoms with Gasteiger partial charge >= 0.3 is 0 Å². The number of hydrogen-bond acceptors (Lipinski definition) is 5. The Morgan fingerprint density at radius 3 is 2.56 bits per heavy atom. The normalized spacial score (nSPS) is 20.5. The Labute approximate surface area is 205 Å². The number of aryl methyl sites for hydroxylation is 1. The number of piperazine rings is 1. The van der Waals surface area contributed by atoms with Gasteiger partial charge in [-0.2, -0.15) is 0 Å². The first-order chi connectivity index (χ1) is 16.5. The van der Waals surface area contributed by atoms with Gasteiger partial charge in [-0.1, -0.05) is 35.8 Å².